The quantitative estimate of drug-likeness (QED) is 0.656. The summed E-state index contributed by atoms with van der Waals surface area (Å²) in [5.41, 5.74) is 2.61. The number of nitrogens with one attached hydrogen (secondary N) is 2. The fourth-order valence-electron chi connectivity index (χ4n) is 3.41. The molecule has 0 saturated carbocycles. The summed E-state index contributed by atoms with van der Waals surface area (Å²) in [6.45, 7) is 2.91. The number of rotatable bonds is 3. The fourth-order valence-corrected chi connectivity index (χ4v) is 4.23. The molecule has 0 aliphatic carbocycles. The topological polar surface area (TPSA) is 72.0 Å². The second-order valence-electron chi connectivity index (χ2n) is 6.83. The number of carbonyl (C=O) groups excluding carboxylic acids is 1. The summed E-state index contributed by atoms with van der Waals surface area (Å²) in [5.74, 6) is 1.25. The number of hydrogen-bond acceptors (Lipinski definition) is 6. The van der Waals surface area contributed by atoms with Crippen molar-refractivity contribution < 1.29 is 14.3 Å². The van der Waals surface area contributed by atoms with Crippen LogP contribution in [0.1, 0.15) is 6.92 Å². The van der Waals surface area contributed by atoms with Gasteiger partial charge in [0.2, 0.25) is 5.91 Å². The predicted octanol–water partition coefficient (Wildman–Crippen LogP) is 4.78. The van der Waals surface area contributed by atoms with Gasteiger partial charge in [-0.15, -0.1) is 0 Å². The van der Waals surface area contributed by atoms with E-state index in [1.165, 1.54) is 11.8 Å². The smallest absolute Gasteiger partial charge is 0.237 e. The molecular weight excluding hydrogens is 386 g/mol. The number of amidine groups is 1. The van der Waals surface area contributed by atoms with Crippen LogP contribution in [0.2, 0.25) is 0 Å². The van der Waals surface area contributed by atoms with Crippen LogP contribution >= 0.6 is 11.8 Å². The van der Waals surface area contributed by atoms with Crippen LogP contribution in [0.3, 0.4) is 0 Å². The van der Waals surface area contributed by atoms with E-state index in [9.17, 15) is 4.79 Å². The molecule has 2 heterocycles. The van der Waals surface area contributed by atoms with Crippen molar-refractivity contribution in [1.82, 2.24) is 0 Å². The van der Waals surface area contributed by atoms with Crippen molar-refractivity contribution in [3.05, 3.63) is 54.6 Å². The Kier molecular flexibility index (Phi) is 4.52. The predicted molar refractivity (Wildman–Crippen MR) is 118 cm³/mol. The summed E-state index contributed by atoms with van der Waals surface area (Å²) in [4.78, 5) is 17.4. The molecule has 7 heteroatoms. The average Bonchev–Trinajstić information content (AvgIpc) is 2.74. The number of amides is 1. The number of carbonyl (C=O) groups is 1. The molecule has 3 aromatic rings. The van der Waals surface area contributed by atoms with Crippen molar-refractivity contribution in [3.8, 4) is 11.5 Å². The minimum atomic E-state index is -0.334. The normalized spacial score (nSPS) is 15.3. The van der Waals surface area contributed by atoms with Crippen LogP contribution in [0, 0.1) is 0 Å². The Morgan fingerprint density at radius 3 is 2.76 bits per heavy atom. The van der Waals surface area contributed by atoms with E-state index < -0.39 is 0 Å². The molecule has 0 fully saturated rings. The SMILES string of the molecule is C[C@@H](SC1=Nc2cccc3cccc(c23)N1)C(=O)Nc1ccc2c(c1)OCCO2. The first-order valence-electron chi connectivity index (χ1n) is 9.42. The molecule has 29 heavy (non-hydrogen) atoms. The summed E-state index contributed by atoms with van der Waals surface area (Å²) in [5, 5.41) is 8.91. The summed E-state index contributed by atoms with van der Waals surface area (Å²) >= 11 is 1.40. The number of benzene rings is 3. The van der Waals surface area contributed by atoms with Gasteiger partial charge in [0.05, 0.1) is 16.6 Å². The van der Waals surface area contributed by atoms with Gasteiger partial charge in [0, 0.05) is 17.1 Å². The van der Waals surface area contributed by atoms with Crippen LogP contribution in [-0.4, -0.2) is 29.5 Å². The molecule has 146 valence electrons. The molecule has 6 nitrogen and oxygen atoms in total. The Bertz CT molecular complexity index is 1140. The van der Waals surface area contributed by atoms with Crippen molar-refractivity contribution in [3.63, 3.8) is 0 Å². The molecule has 2 N–H and O–H groups in total. The van der Waals surface area contributed by atoms with Gasteiger partial charge in [0.1, 0.15) is 13.2 Å². The lowest BCUT2D eigenvalue weighted by Crippen LogP contribution is -2.26. The van der Waals surface area contributed by atoms with Gasteiger partial charge in [-0.05, 0) is 36.6 Å². The lowest BCUT2D eigenvalue weighted by atomic mass is 10.1. The maximum Gasteiger partial charge on any atom is 0.237 e. The van der Waals surface area contributed by atoms with E-state index in [4.69, 9.17) is 14.5 Å². The molecule has 0 saturated heterocycles. The van der Waals surface area contributed by atoms with E-state index >= 15 is 0 Å². The number of anilines is 2. The van der Waals surface area contributed by atoms with Crippen LogP contribution in [0.4, 0.5) is 17.1 Å². The zero-order valence-electron chi connectivity index (χ0n) is 15.8. The van der Waals surface area contributed by atoms with E-state index in [-0.39, 0.29) is 11.2 Å². The van der Waals surface area contributed by atoms with Crippen molar-refractivity contribution in [2.75, 3.05) is 23.8 Å². The minimum Gasteiger partial charge on any atom is -0.486 e. The molecule has 3 aromatic carbocycles. The molecule has 0 spiro atoms. The molecule has 5 rings (SSSR count). The van der Waals surface area contributed by atoms with Crippen molar-refractivity contribution in [2.24, 2.45) is 4.99 Å². The van der Waals surface area contributed by atoms with Gasteiger partial charge in [0.25, 0.3) is 0 Å². The fraction of sp³-hybridized carbons (Fsp3) is 0.182. The highest BCUT2D eigenvalue weighted by Crippen LogP contribution is 2.38. The number of hydrogen-bond donors (Lipinski definition) is 2. The van der Waals surface area contributed by atoms with E-state index in [0.717, 1.165) is 22.1 Å². The largest absolute Gasteiger partial charge is 0.486 e. The summed E-state index contributed by atoms with van der Waals surface area (Å²) < 4.78 is 11.1. The van der Waals surface area contributed by atoms with Crippen LogP contribution in [-0.2, 0) is 4.79 Å². The standard InChI is InChI=1S/C22H19N3O3S/c1-13(21(26)23-15-8-9-18-19(12-15)28-11-10-27-18)29-22-24-16-6-2-4-14-5-3-7-17(25-22)20(14)16/h2-9,12-13H,10-11H2,1H3,(H,23,26)(H,24,25)/t13-/m1/s1. The van der Waals surface area contributed by atoms with E-state index in [1.54, 1.807) is 6.07 Å². The van der Waals surface area contributed by atoms with E-state index in [2.05, 4.69) is 22.8 Å². The third kappa shape index (κ3) is 3.49. The molecular formula is C22H19N3O3S. The molecule has 1 amide bonds. The maximum atomic E-state index is 12.7. The highest BCUT2D eigenvalue weighted by Gasteiger charge is 2.21. The van der Waals surface area contributed by atoms with Gasteiger partial charge < -0.3 is 20.1 Å². The van der Waals surface area contributed by atoms with Crippen molar-refractivity contribution in [1.29, 1.82) is 0 Å². The maximum absolute atomic E-state index is 12.7. The highest BCUT2D eigenvalue weighted by atomic mass is 32.2. The first kappa shape index (κ1) is 17.9. The summed E-state index contributed by atoms with van der Waals surface area (Å²) in [6, 6.07) is 17.6. The summed E-state index contributed by atoms with van der Waals surface area (Å²) in [6.07, 6.45) is 0. The van der Waals surface area contributed by atoms with E-state index in [0.29, 0.717) is 35.6 Å². The Balaban J connectivity index is 1.30. The Hall–Kier alpha value is -3.19. The zero-order chi connectivity index (χ0) is 19.8. The molecule has 0 unspecified atom stereocenters. The number of nitrogens with zero attached hydrogens (tertiary/aromatic N) is 1. The van der Waals surface area contributed by atoms with Crippen molar-refractivity contribution in [2.45, 2.75) is 12.2 Å². The lowest BCUT2D eigenvalue weighted by Gasteiger charge is -2.21. The van der Waals surface area contributed by atoms with Gasteiger partial charge in [-0.3, -0.25) is 4.79 Å². The second-order valence-corrected chi connectivity index (χ2v) is 8.16. The number of ether oxygens (including phenoxy) is 2. The highest BCUT2D eigenvalue weighted by molar-refractivity contribution is 8.15. The van der Waals surface area contributed by atoms with E-state index in [1.807, 2.05) is 43.3 Å². The van der Waals surface area contributed by atoms with Crippen LogP contribution < -0.4 is 20.1 Å². The number of thioether (sulfide) groups is 1. The monoisotopic (exact) mass is 405 g/mol. The van der Waals surface area contributed by atoms with Gasteiger partial charge in [-0.25, -0.2) is 4.99 Å². The number of fused-ring (bicyclic) bond motifs is 1. The first-order valence-corrected chi connectivity index (χ1v) is 10.3. The third-order valence-corrected chi connectivity index (χ3v) is 5.80. The second kappa shape index (κ2) is 7.33. The van der Waals surface area contributed by atoms with Crippen molar-refractivity contribution >= 4 is 50.7 Å². The average molecular weight is 405 g/mol. The molecule has 2 aliphatic heterocycles. The number of aliphatic imine (C=N–C) groups is 1. The molecule has 0 bridgehead atoms. The molecule has 1 atom stereocenters. The molecule has 0 aromatic heterocycles. The zero-order valence-corrected chi connectivity index (χ0v) is 16.6. The van der Waals surface area contributed by atoms with Gasteiger partial charge >= 0.3 is 0 Å². The van der Waals surface area contributed by atoms with Gasteiger partial charge in [0.15, 0.2) is 16.7 Å². The Labute approximate surface area is 172 Å². The minimum absolute atomic E-state index is 0.103. The summed E-state index contributed by atoms with van der Waals surface area (Å²) in [7, 11) is 0. The Morgan fingerprint density at radius 1 is 1.10 bits per heavy atom. The Morgan fingerprint density at radius 2 is 1.90 bits per heavy atom. The first-order chi connectivity index (χ1) is 14.2. The third-order valence-electron chi connectivity index (χ3n) is 4.81. The van der Waals surface area contributed by atoms with Crippen LogP contribution in [0.5, 0.6) is 11.5 Å². The van der Waals surface area contributed by atoms with Gasteiger partial charge in [-0.2, -0.15) is 0 Å². The molecule has 2 aliphatic rings. The van der Waals surface area contributed by atoms with Crippen LogP contribution in [0.25, 0.3) is 10.8 Å². The van der Waals surface area contributed by atoms with Crippen LogP contribution in [0.15, 0.2) is 59.6 Å². The van der Waals surface area contributed by atoms with Gasteiger partial charge in [-0.1, -0.05) is 36.0 Å². The molecule has 0 radical (unpaired) electrons. The lowest BCUT2D eigenvalue weighted by molar-refractivity contribution is -0.115.